The molecule has 0 fully saturated rings. The molecule has 0 aliphatic rings. The van der Waals surface area contributed by atoms with Gasteiger partial charge in [0.15, 0.2) is 5.69 Å². The quantitative estimate of drug-likeness (QED) is 0.713. The topological polar surface area (TPSA) is 81.7 Å². The van der Waals surface area contributed by atoms with Gasteiger partial charge in [0, 0.05) is 0 Å². The molecule has 0 amide bonds. The maximum atomic E-state index is 12.0. The highest BCUT2D eigenvalue weighted by Crippen LogP contribution is 2.29. The van der Waals surface area contributed by atoms with Gasteiger partial charge in [0.2, 0.25) is 0 Å². The fourth-order valence-corrected chi connectivity index (χ4v) is 1.12. The number of halogens is 3. The molecule has 1 atom stereocenters. The Balaban J connectivity index is 2.96. The number of nitrogens with one attached hydrogen (secondary N) is 1. The Morgan fingerprint density at radius 1 is 1.46 bits per heavy atom. The first-order valence-corrected chi connectivity index (χ1v) is 4.18. The molecule has 0 radical (unpaired) electrons. The molecular formula is C4H3F3N3O2S-. The fraction of sp³-hybridized carbons (Fsp3) is 0.500. The molecule has 0 saturated heterocycles. The van der Waals surface area contributed by atoms with E-state index in [9.17, 15) is 21.9 Å². The van der Waals surface area contributed by atoms with Crippen LogP contribution in [0.3, 0.4) is 0 Å². The van der Waals surface area contributed by atoms with Crippen LogP contribution in [-0.2, 0) is 23.0 Å². The molecule has 1 unspecified atom stereocenters. The van der Waals surface area contributed by atoms with E-state index in [0.717, 1.165) is 0 Å². The summed E-state index contributed by atoms with van der Waals surface area (Å²) < 4.78 is 56.2. The van der Waals surface area contributed by atoms with Crippen molar-refractivity contribution >= 4 is 11.1 Å². The van der Waals surface area contributed by atoms with Crippen molar-refractivity contribution in [1.29, 1.82) is 0 Å². The number of rotatable bonds is 2. The standard InChI is InChI=1S/C4H4F3N3O2S/c5-4(6,7)3-2(1-13(11)12)8-10-9-3/h1H2,(H,11,12)(H,8,9,10)/p-1. The molecule has 5 nitrogen and oxygen atoms in total. The van der Waals surface area contributed by atoms with Crippen LogP contribution in [0.1, 0.15) is 11.4 Å². The van der Waals surface area contributed by atoms with Crippen molar-refractivity contribution in [2.24, 2.45) is 0 Å². The highest BCUT2D eigenvalue weighted by Gasteiger charge is 2.37. The van der Waals surface area contributed by atoms with E-state index in [1.54, 1.807) is 5.21 Å². The number of aromatic nitrogens is 3. The Hall–Kier alpha value is -0.960. The minimum Gasteiger partial charge on any atom is -0.772 e. The molecule has 0 aliphatic carbocycles. The predicted molar refractivity (Wildman–Crippen MR) is 34.0 cm³/mol. The van der Waals surface area contributed by atoms with E-state index in [-0.39, 0.29) is 0 Å². The molecule has 1 aromatic heterocycles. The molecule has 74 valence electrons. The van der Waals surface area contributed by atoms with Gasteiger partial charge in [-0.3, -0.25) is 4.21 Å². The molecule has 0 aromatic carbocycles. The summed E-state index contributed by atoms with van der Waals surface area (Å²) >= 11 is -2.61. The average Bonchev–Trinajstić information content (AvgIpc) is 2.31. The zero-order valence-corrected chi connectivity index (χ0v) is 6.78. The first-order valence-electron chi connectivity index (χ1n) is 2.94. The Bertz CT molecular complexity index is 323. The van der Waals surface area contributed by atoms with Gasteiger partial charge in [0.25, 0.3) is 0 Å². The van der Waals surface area contributed by atoms with Crippen LogP contribution in [0.2, 0.25) is 0 Å². The number of aromatic amines is 1. The van der Waals surface area contributed by atoms with Gasteiger partial charge < -0.3 is 4.55 Å². The first kappa shape index (κ1) is 10.1. The third-order valence-electron chi connectivity index (χ3n) is 1.14. The zero-order chi connectivity index (χ0) is 10.1. The molecule has 1 heterocycles. The highest BCUT2D eigenvalue weighted by atomic mass is 32.2. The maximum absolute atomic E-state index is 12.0. The molecule has 0 saturated carbocycles. The zero-order valence-electron chi connectivity index (χ0n) is 5.96. The highest BCUT2D eigenvalue weighted by molar-refractivity contribution is 7.78. The molecule has 0 bridgehead atoms. The molecule has 1 aromatic rings. The van der Waals surface area contributed by atoms with Crippen molar-refractivity contribution in [2.75, 3.05) is 0 Å². The number of hydrogen-bond acceptors (Lipinski definition) is 4. The molecular weight excluding hydrogens is 211 g/mol. The summed E-state index contributed by atoms with van der Waals surface area (Å²) in [5.74, 6) is -0.800. The Labute approximate surface area is 72.6 Å². The second-order valence-corrected chi connectivity index (χ2v) is 2.96. The van der Waals surface area contributed by atoms with Gasteiger partial charge in [-0.25, -0.2) is 0 Å². The summed E-state index contributed by atoms with van der Waals surface area (Å²) in [6.07, 6.45) is -4.68. The second-order valence-electron chi connectivity index (χ2n) is 2.06. The van der Waals surface area contributed by atoms with Gasteiger partial charge in [0.05, 0.1) is 5.75 Å². The van der Waals surface area contributed by atoms with E-state index >= 15 is 0 Å². The molecule has 1 N–H and O–H groups in total. The molecule has 0 spiro atoms. The summed E-state index contributed by atoms with van der Waals surface area (Å²) in [6.45, 7) is 0. The molecule has 9 heteroatoms. The van der Waals surface area contributed by atoms with E-state index in [2.05, 4.69) is 10.2 Å². The third-order valence-corrected chi connectivity index (χ3v) is 1.65. The number of H-pyrrole nitrogens is 1. The van der Waals surface area contributed by atoms with Gasteiger partial charge >= 0.3 is 6.18 Å². The minimum atomic E-state index is -4.68. The van der Waals surface area contributed by atoms with Crippen LogP contribution in [0.15, 0.2) is 0 Å². The van der Waals surface area contributed by atoms with Crippen molar-refractivity contribution in [3.63, 3.8) is 0 Å². The predicted octanol–water partition coefficient (Wildman–Crippen LogP) is 0.203. The maximum Gasteiger partial charge on any atom is 0.437 e. The van der Waals surface area contributed by atoms with Crippen LogP contribution in [0.5, 0.6) is 0 Å². The summed E-state index contributed by atoms with van der Waals surface area (Å²) in [5, 5.41) is 7.60. The van der Waals surface area contributed by atoms with Crippen LogP contribution in [-0.4, -0.2) is 24.2 Å². The smallest absolute Gasteiger partial charge is 0.437 e. The minimum absolute atomic E-state index is 0.624. The normalized spacial score (nSPS) is 14.5. The number of nitrogens with zero attached hydrogens (tertiary/aromatic N) is 2. The van der Waals surface area contributed by atoms with Crippen LogP contribution in [0.25, 0.3) is 0 Å². The number of hydrogen-bond donors (Lipinski definition) is 1. The first-order chi connectivity index (χ1) is 5.91. The summed E-state index contributed by atoms with van der Waals surface area (Å²) in [4.78, 5) is 0. The Kier molecular flexibility index (Phi) is 2.66. The third kappa shape index (κ3) is 2.49. The lowest BCUT2D eigenvalue weighted by molar-refractivity contribution is -0.141. The molecule has 0 aliphatic heterocycles. The number of alkyl halides is 3. The van der Waals surface area contributed by atoms with Gasteiger partial charge in [-0.15, -0.1) is 0 Å². The monoisotopic (exact) mass is 214 g/mol. The lowest BCUT2D eigenvalue weighted by atomic mass is 10.3. The summed E-state index contributed by atoms with van der Waals surface area (Å²) in [6, 6.07) is 0. The van der Waals surface area contributed by atoms with Crippen LogP contribution in [0, 0.1) is 0 Å². The van der Waals surface area contributed by atoms with Crippen LogP contribution >= 0.6 is 0 Å². The van der Waals surface area contributed by atoms with Crippen LogP contribution < -0.4 is 0 Å². The fourth-order valence-electron chi connectivity index (χ4n) is 0.692. The molecule has 1 rings (SSSR count). The molecule has 13 heavy (non-hydrogen) atoms. The van der Waals surface area contributed by atoms with Gasteiger partial charge in [-0.2, -0.15) is 28.6 Å². The largest absolute Gasteiger partial charge is 0.772 e. The van der Waals surface area contributed by atoms with Gasteiger partial charge in [0.1, 0.15) is 5.69 Å². The summed E-state index contributed by atoms with van der Waals surface area (Å²) in [5.41, 5.74) is -1.92. The van der Waals surface area contributed by atoms with Crippen molar-refractivity contribution in [3.05, 3.63) is 11.4 Å². The van der Waals surface area contributed by atoms with Crippen molar-refractivity contribution in [3.8, 4) is 0 Å². The van der Waals surface area contributed by atoms with E-state index in [4.69, 9.17) is 0 Å². The van der Waals surface area contributed by atoms with Crippen LogP contribution in [0.4, 0.5) is 13.2 Å². The van der Waals surface area contributed by atoms with Crippen molar-refractivity contribution < 1.29 is 21.9 Å². The summed E-state index contributed by atoms with van der Waals surface area (Å²) in [7, 11) is 0. The van der Waals surface area contributed by atoms with E-state index in [1.165, 1.54) is 0 Å². The van der Waals surface area contributed by atoms with Gasteiger partial charge in [-0.1, -0.05) is 0 Å². The SMILES string of the molecule is O=S([O-])Cc1n[nH]nc1C(F)(F)F. The Morgan fingerprint density at radius 2 is 2.08 bits per heavy atom. The average molecular weight is 214 g/mol. The van der Waals surface area contributed by atoms with Gasteiger partial charge in [-0.05, 0) is 11.1 Å². The second kappa shape index (κ2) is 3.42. The van der Waals surface area contributed by atoms with E-state index in [1.807, 2.05) is 0 Å². The van der Waals surface area contributed by atoms with E-state index in [0.29, 0.717) is 0 Å². The van der Waals surface area contributed by atoms with Crippen molar-refractivity contribution in [2.45, 2.75) is 11.9 Å². The lowest BCUT2D eigenvalue weighted by Gasteiger charge is -2.05. The Morgan fingerprint density at radius 3 is 2.54 bits per heavy atom. The van der Waals surface area contributed by atoms with Crippen molar-refractivity contribution in [1.82, 2.24) is 15.4 Å². The lowest BCUT2D eigenvalue weighted by Crippen LogP contribution is -2.10. The van der Waals surface area contributed by atoms with E-state index < -0.39 is 34.4 Å².